The van der Waals surface area contributed by atoms with Crippen LogP contribution in [0.3, 0.4) is 0 Å². The molecule has 0 fully saturated rings. The van der Waals surface area contributed by atoms with E-state index in [0.29, 0.717) is 24.3 Å². The van der Waals surface area contributed by atoms with Gasteiger partial charge in [0.15, 0.2) is 0 Å². The molecule has 5 rings (SSSR count). The molecular formula is C28H23N3OS. The van der Waals surface area contributed by atoms with Crippen molar-refractivity contribution >= 4 is 17.2 Å². The van der Waals surface area contributed by atoms with Crippen LogP contribution in [0.5, 0.6) is 0 Å². The molecular weight excluding hydrogens is 426 g/mol. The highest BCUT2D eigenvalue weighted by Gasteiger charge is 2.24. The predicted molar refractivity (Wildman–Crippen MR) is 133 cm³/mol. The van der Waals surface area contributed by atoms with Crippen LogP contribution in [0, 0.1) is 0 Å². The Labute approximate surface area is 197 Å². The summed E-state index contributed by atoms with van der Waals surface area (Å²) in [7, 11) is 0. The van der Waals surface area contributed by atoms with E-state index in [4.69, 9.17) is 5.10 Å². The average molecular weight is 450 g/mol. The number of para-hydroxylation sites is 1. The summed E-state index contributed by atoms with van der Waals surface area (Å²) in [6, 6.07) is 34.1. The third-order valence-corrected chi connectivity index (χ3v) is 6.32. The van der Waals surface area contributed by atoms with E-state index in [0.717, 1.165) is 21.7 Å². The summed E-state index contributed by atoms with van der Waals surface area (Å²) in [4.78, 5) is 16.9. The molecule has 0 aliphatic heterocycles. The van der Waals surface area contributed by atoms with Crippen LogP contribution in [-0.2, 0) is 13.1 Å². The Balaban J connectivity index is 1.55. The smallest absolute Gasteiger partial charge is 0.258 e. The second-order valence-electron chi connectivity index (χ2n) is 7.78. The summed E-state index contributed by atoms with van der Waals surface area (Å²) in [6.45, 7) is 1.05. The molecule has 0 bridgehead atoms. The van der Waals surface area contributed by atoms with E-state index < -0.39 is 0 Å². The largest absolute Gasteiger partial charge is 0.330 e. The zero-order valence-corrected chi connectivity index (χ0v) is 18.9. The maximum absolute atomic E-state index is 14.0. The minimum absolute atomic E-state index is 0.0340. The van der Waals surface area contributed by atoms with Gasteiger partial charge in [-0.3, -0.25) is 4.79 Å². The fourth-order valence-electron chi connectivity index (χ4n) is 3.82. The van der Waals surface area contributed by atoms with Crippen molar-refractivity contribution in [3.63, 3.8) is 0 Å². The van der Waals surface area contributed by atoms with E-state index in [1.165, 1.54) is 0 Å². The number of nitrogens with zero attached hydrogens (tertiary/aromatic N) is 3. The lowest BCUT2D eigenvalue weighted by atomic mass is 10.1. The van der Waals surface area contributed by atoms with Crippen LogP contribution < -0.4 is 0 Å². The highest BCUT2D eigenvalue weighted by molar-refractivity contribution is 7.13. The Hall–Kier alpha value is -3.96. The molecule has 162 valence electrons. The highest BCUT2D eigenvalue weighted by Crippen LogP contribution is 2.29. The van der Waals surface area contributed by atoms with Crippen molar-refractivity contribution in [3.05, 3.63) is 131 Å². The number of hydrogen-bond donors (Lipinski definition) is 0. The van der Waals surface area contributed by atoms with Crippen LogP contribution in [-0.4, -0.2) is 20.6 Å². The topological polar surface area (TPSA) is 38.1 Å². The number of hydrogen-bond acceptors (Lipinski definition) is 3. The van der Waals surface area contributed by atoms with Crippen molar-refractivity contribution < 1.29 is 4.79 Å². The fourth-order valence-corrected chi connectivity index (χ4v) is 4.54. The molecule has 0 saturated heterocycles. The minimum atomic E-state index is -0.0340. The van der Waals surface area contributed by atoms with Gasteiger partial charge in [0.2, 0.25) is 0 Å². The van der Waals surface area contributed by atoms with E-state index >= 15 is 0 Å². The van der Waals surface area contributed by atoms with E-state index in [-0.39, 0.29) is 5.91 Å². The number of benzene rings is 3. The van der Waals surface area contributed by atoms with Crippen LogP contribution in [0.4, 0.5) is 0 Å². The number of carbonyl (C=O) groups is 1. The summed E-state index contributed by atoms with van der Waals surface area (Å²) < 4.78 is 1.80. The molecule has 0 atom stereocenters. The Morgan fingerprint density at radius 1 is 0.758 bits per heavy atom. The van der Waals surface area contributed by atoms with Crippen molar-refractivity contribution in [1.82, 2.24) is 14.7 Å². The number of thiophene rings is 1. The van der Waals surface area contributed by atoms with Gasteiger partial charge in [0.1, 0.15) is 5.69 Å². The van der Waals surface area contributed by atoms with Gasteiger partial charge in [0, 0.05) is 19.3 Å². The molecule has 5 aromatic rings. The normalized spacial score (nSPS) is 10.8. The predicted octanol–water partition coefficient (Wildman–Crippen LogP) is 6.44. The van der Waals surface area contributed by atoms with Crippen molar-refractivity contribution in [1.29, 1.82) is 0 Å². The van der Waals surface area contributed by atoms with E-state index in [1.54, 1.807) is 16.0 Å². The van der Waals surface area contributed by atoms with E-state index in [2.05, 4.69) is 24.3 Å². The lowest BCUT2D eigenvalue weighted by Gasteiger charge is -2.23. The van der Waals surface area contributed by atoms with Gasteiger partial charge in [-0.2, -0.15) is 5.10 Å². The zero-order chi connectivity index (χ0) is 22.5. The molecule has 0 aliphatic rings. The first-order valence-corrected chi connectivity index (χ1v) is 11.7. The maximum atomic E-state index is 14.0. The molecule has 3 aromatic carbocycles. The standard InChI is InChI=1S/C28H23N3OS/c32-28(30(19-22-11-4-1-5-12-22)20-23-13-6-2-7-14-23)25-21-31(24-15-8-3-9-16-24)29-27(25)26-17-10-18-33-26/h1-18,21H,19-20H2. The highest BCUT2D eigenvalue weighted by atomic mass is 32.1. The first-order valence-electron chi connectivity index (χ1n) is 10.8. The lowest BCUT2D eigenvalue weighted by molar-refractivity contribution is 0.0731. The maximum Gasteiger partial charge on any atom is 0.258 e. The molecule has 0 unspecified atom stereocenters. The minimum Gasteiger partial charge on any atom is -0.330 e. The summed E-state index contributed by atoms with van der Waals surface area (Å²) in [6.07, 6.45) is 1.86. The quantitative estimate of drug-likeness (QED) is 0.287. The van der Waals surface area contributed by atoms with E-state index in [1.807, 2.05) is 95.3 Å². The summed E-state index contributed by atoms with van der Waals surface area (Å²) in [5.41, 5.74) is 4.43. The molecule has 5 heteroatoms. The zero-order valence-electron chi connectivity index (χ0n) is 18.0. The third kappa shape index (κ3) is 4.78. The second kappa shape index (κ2) is 9.67. The Kier molecular flexibility index (Phi) is 6.13. The Bertz CT molecular complexity index is 1270. The number of rotatable bonds is 7. The Morgan fingerprint density at radius 3 is 1.88 bits per heavy atom. The van der Waals surface area contributed by atoms with Crippen LogP contribution in [0.2, 0.25) is 0 Å². The van der Waals surface area contributed by atoms with Gasteiger partial charge in [0.25, 0.3) is 5.91 Å². The number of aromatic nitrogens is 2. The summed E-state index contributed by atoms with van der Waals surface area (Å²) >= 11 is 1.59. The molecule has 0 saturated carbocycles. The fraction of sp³-hybridized carbons (Fsp3) is 0.0714. The van der Waals surface area contributed by atoms with Crippen LogP contribution in [0.1, 0.15) is 21.5 Å². The SMILES string of the molecule is O=C(c1cn(-c2ccccc2)nc1-c1cccs1)N(Cc1ccccc1)Cc1ccccc1. The van der Waals surface area contributed by atoms with Gasteiger partial charge >= 0.3 is 0 Å². The first-order chi connectivity index (χ1) is 16.3. The molecule has 0 spiro atoms. The van der Waals surface area contributed by atoms with Gasteiger partial charge in [-0.25, -0.2) is 4.68 Å². The summed E-state index contributed by atoms with van der Waals surface area (Å²) in [5.74, 6) is -0.0340. The Morgan fingerprint density at radius 2 is 1.33 bits per heavy atom. The molecule has 2 aromatic heterocycles. The van der Waals surface area contributed by atoms with Crippen molar-refractivity contribution in [2.45, 2.75) is 13.1 Å². The summed E-state index contributed by atoms with van der Waals surface area (Å²) in [5, 5.41) is 6.83. The van der Waals surface area contributed by atoms with E-state index in [9.17, 15) is 4.79 Å². The average Bonchev–Trinajstić information content (AvgIpc) is 3.55. The molecule has 4 nitrogen and oxygen atoms in total. The van der Waals surface area contributed by atoms with Gasteiger partial charge < -0.3 is 4.90 Å². The van der Waals surface area contributed by atoms with Crippen LogP contribution in [0.25, 0.3) is 16.3 Å². The van der Waals surface area contributed by atoms with Gasteiger partial charge in [0.05, 0.1) is 16.1 Å². The van der Waals surface area contributed by atoms with Crippen molar-refractivity contribution in [2.24, 2.45) is 0 Å². The van der Waals surface area contributed by atoms with Gasteiger partial charge in [-0.1, -0.05) is 84.9 Å². The second-order valence-corrected chi connectivity index (χ2v) is 8.73. The molecule has 2 heterocycles. The van der Waals surface area contributed by atoms with Crippen LogP contribution in [0.15, 0.2) is 115 Å². The number of carbonyl (C=O) groups excluding carboxylic acids is 1. The number of amides is 1. The molecule has 1 amide bonds. The van der Waals surface area contributed by atoms with Gasteiger partial charge in [-0.05, 0) is 34.7 Å². The molecule has 33 heavy (non-hydrogen) atoms. The van der Waals surface area contributed by atoms with Crippen LogP contribution >= 0.6 is 11.3 Å². The van der Waals surface area contributed by atoms with Crippen molar-refractivity contribution in [3.8, 4) is 16.3 Å². The molecule has 0 N–H and O–H groups in total. The molecule has 0 aliphatic carbocycles. The molecule has 0 radical (unpaired) electrons. The monoisotopic (exact) mass is 449 g/mol. The van der Waals surface area contributed by atoms with Gasteiger partial charge in [-0.15, -0.1) is 11.3 Å². The first kappa shape index (κ1) is 20.9. The third-order valence-electron chi connectivity index (χ3n) is 5.44. The lowest BCUT2D eigenvalue weighted by Crippen LogP contribution is -2.30. The van der Waals surface area contributed by atoms with Crippen molar-refractivity contribution in [2.75, 3.05) is 0 Å².